The molecule has 0 N–H and O–H groups in total. The summed E-state index contributed by atoms with van der Waals surface area (Å²) in [6, 6.07) is 56.7. The Balaban J connectivity index is 0.00000147. The molecule has 0 fully saturated rings. The lowest BCUT2D eigenvalue weighted by Gasteiger charge is -2.18. The Hall–Kier alpha value is -5.66. The lowest BCUT2D eigenvalue weighted by atomic mass is 9.84. The van der Waals surface area contributed by atoms with Gasteiger partial charge in [-0.3, -0.25) is 0 Å². The average Bonchev–Trinajstić information content (AvgIpc) is 3.52. The van der Waals surface area contributed by atoms with Crippen molar-refractivity contribution in [1.82, 2.24) is 0 Å². The van der Waals surface area contributed by atoms with Gasteiger partial charge in [0.25, 0.3) is 0 Å². The minimum absolute atomic E-state index is 0.914. The van der Waals surface area contributed by atoms with Crippen LogP contribution in [0.5, 0.6) is 0 Å². The molecule has 0 radical (unpaired) electrons. The molecule has 44 heavy (non-hydrogen) atoms. The fourth-order valence-electron chi connectivity index (χ4n) is 6.95. The van der Waals surface area contributed by atoms with E-state index < -0.39 is 0 Å². The van der Waals surface area contributed by atoms with Crippen LogP contribution in [-0.2, 0) is 0 Å². The monoisotopic (exact) mass is 563 g/mol. The largest absolute Gasteiger partial charge is 0.455 e. The second-order valence-electron chi connectivity index (χ2n) is 11.2. The lowest BCUT2D eigenvalue weighted by molar-refractivity contribution is 0.673. The molecule has 0 aliphatic rings. The molecule has 0 atom stereocenters. The van der Waals surface area contributed by atoms with Crippen LogP contribution in [0.15, 0.2) is 162 Å². The smallest absolute Gasteiger partial charge is 0.143 e. The minimum atomic E-state index is 0.914. The van der Waals surface area contributed by atoms with Crippen molar-refractivity contribution in [1.29, 1.82) is 0 Å². The molecule has 0 bridgehead atoms. The van der Waals surface area contributed by atoms with Crippen molar-refractivity contribution >= 4 is 54.3 Å². The molecular weight excluding hydrogens is 532 g/mol. The van der Waals surface area contributed by atoms with Crippen LogP contribution in [0.3, 0.4) is 0 Å². The van der Waals surface area contributed by atoms with Crippen LogP contribution in [0.2, 0.25) is 0 Å². The highest BCUT2D eigenvalue weighted by Gasteiger charge is 2.20. The quantitative estimate of drug-likeness (QED) is 0.195. The highest BCUT2D eigenvalue weighted by molar-refractivity contribution is 6.27. The average molecular weight is 564 g/mol. The second-order valence-corrected chi connectivity index (χ2v) is 11.2. The van der Waals surface area contributed by atoms with E-state index in [9.17, 15) is 0 Å². The van der Waals surface area contributed by atoms with Gasteiger partial charge in [-0.1, -0.05) is 153 Å². The molecule has 0 unspecified atom stereocenters. The summed E-state index contributed by atoms with van der Waals surface area (Å²) < 4.78 is 12.3. The maximum Gasteiger partial charge on any atom is 0.143 e. The summed E-state index contributed by atoms with van der Waals surface area (Å²) in [5.41, 5.74) is 9.25. The molecule has 9 aromatic rings. The van der Waals surface area contributed by atoms with E-state index in [1.807, 2.05) is 0 Å². The van der Waals surface area contributed by atoms with Crippen LogP contribution in [0.25, 0.3) is 87.6 Å². The van der Waals surface area contributed by atoms with Crippen LogP contribution >= 0.6 is 0 Å². The summed E-state index contributed by atoms with van der Waals surface area (Å²) in [6.07, 6.45) is 0. The van der Waals surface area contributed by atoms with Gasteiger partial charge in [-0.25, -0.2) is 0 Å². The van der Waals surface area contributed by atoms with E-state index >= 15 is 0 Å². The molecule has 0 amide bonds. The Labute approximate surface area is 258 Å². The zero-order valence-electron chi connectivity index (χ0n) is 25.4. The normalized spacial score (nSPS) is 11.6. The molecule has 0 saturated heterocycles. The Bertz CT molecular complexity index is 2430. The van der Waals surface area contributed by atoms with E-state index in [1.165, 1.54) is 73.1 Å². The van der Waals surface area contributed by atoms with Gasteiger partial charge in [0, 0.05) is 17.5 Å². The first-order chi connectivity index (χ1) is 22.3. The Kier molecular flexibility index (Phi) is 5.80. The summed E-state index contributed by atoms with van der Waals surface area (Å²) in [6.45, 7) is 0. The van der Waals surface area contributed by atoms with Gasteiger partial charge in [-0.05, 0) is 72.4 Å². The number of hydrogen-bond acceptors (Lipinski definition) is 1. The number of furan rings is 1. The maximum atomic E-state index is 6.59. The third kappa shape index (κ3) is 3.87. The molecule has 1 heteroatoms. The van der Waals surface area contributed by atoms with E-state index in [-0.39, 0.29) is 0 Å². The Morgan fingerprint density at radius 1 is 0.386 bits per heavy atom. The molecule has 9 rings (SSSR count). The van der Waals surface area contributed by atoms with Crippen LogP contribution in [0.4, 0.5) is 0 Å². The maximum absolute atomic E-state index is 6.59. The number of hydrogen-bond donors (Lipinski definition) is 0. The molecule has 1 heterocycles. The molecule has 0 saturated carbocycles. The zero-order valence-corrected chi connectivity index (χ0v) is 24.4. The van der Waals surface area contributed by atoms with Gasteiger partial charge in [0.15, 0.2) is 0 Å². The molecule has 0 aliphatic carbocycles. The predicted octanol–water partition coefficient (Wildman–Crippen LogP) is 12.7. The molecule has 0 spiro atoms. The molecule has 0 aliphatic heterocycles. The van der Waals surface area contributed by atoms with Gasteiger partial charge in [-0.2, -0.15) is 0 Å². The second kappa shape index (κ2) is 10.3. The van der Waals surface area contributed by atoms with E-state index in [4.69, 9.17) is 5.79 Å². The van der Waals surface area contributed by atoms with Crippen LogP contribution < -0.4 is 0 Å². The summed E-state index contributed by atoms with van der Waals surface area (Å²) in [7, 11) is 1.25. The third-order valence-electron chi connectivity index (χ3n) is 8.87. The molecule has 1 aromatic heterocycles. The Morgan fingerprint density at radius 2 is 0.932 bits per heavy atom. The molecule has 1 nitrogen and oxygen atoms in total. The van der Waals surface area contributed by atoms with Crippen molar-refractivity contribution in [3.63, 3.8) is 0 Å². The van der Waals surface area contributed by atoms with E-state index in [0.717, 1.165) is 21.9 Å². The van der Waals surface area contributed by atoms with Crippen LogP contribution in [-0.4, -0.2) is 0 Å². The molecule has 8 aromatic carbocycles. The zero-order chi connectivity index (χ0) is 30.3. The first-order valence-electron chi connectivity index (χ1n) is 15.8. The SMILES string of the molecule is [2H]C.c1ccc(-c2ccc(-c3c4ccccc4c(-c4cccc5oc6c7ccccc7ccc6c45)c4ccccc34)cc2)cc1. The highest BCUT2D eigenvalue weighted by Crippen LogP contribution is 2.47. The Morgan fingerprint density at radius 3 is 1.61 bits per heavy atom. The van der Waals surface area contributed by atoms with Gasteiger partial charge in [-0.15, -0.1) is 0 Å². The van der Waals surface area contributed by atoms with Gasteiger partial charge < -0.3 is 4.42 Å². The van der Waals surface area contributed by atoms with Crippen molar-refractivity contribution in [3.8, 4) is 33.4 Å². The summed E-state index contributed by atoms with van der Waals surface area (Å²) in [5.74, 6) is 0. The summed E-state index contributed by atoms with van der Waals surface area (Å²) >= 11 is 0. The van der Waals surface area contributed by atoms with Gasteiger partial charge in [0.1, 0.15) is 11.2 Å². The summed E-state index contributed by atoms with van der Waals surface area (Å²) in [5, 5.41) is 9.63. The van der Waals surface area contributed by atoms with Crippen LogP contribution in [0, 0.1) is 0 Å². The number of benzene rings is 8. The summed E-state index contributed by atoms with van der Waals surface area (Å²) in [4.78, 5) is 0. The third-order valence-corrected chi connectivity index (χ3v) is 8.87. The van der Waals surface area contributed by atoms with Crippen LogP contribution in [0.1, 0.15) is 8.77 Å². The van der Waals surface area contributed by atoms with E-state index in [0.29, 0.717) is 0 Å². The fraction of sp³-hybridized carbons (Fsp3) is 0.0233. The fourth-order valence-corrected chi connectivity index (χ4v) is 6.95. The van der Waals surface area contributed by atoms with Gasteiger partial charge in [0.05, 0.1) is 0 Å². The van der Waals surface area contributed by atoms with Gasteiger partial charge in [0.2, 0.25) is 0 Å². The molecular formula is C43H30O. The van der Waals surface area contributed by atoms with Crippen molar-refractivity contribution in [3.05, 3.63) is 158 Å². The van der Waals surface area contributed by atoms with E-state index in [2.05, 4.69) is 158 Å². The number of fused-ring (bicyclic) bond motifs is 7. The lowest BCUT2D eigenvalue weighted by Crippen LogP contribution is -1.91. The van der Waals surface area contributed by atoms with Gasteiger partial charge >= 0.3 is 0 Å². The molecule has 208 valence electrons. The standard InChI is InChI=1S/C42H26O.CH4/c1-2-11-27(12-3-1)28-21-23-30(24-22-28)39-32-15-6-8-17-34(32)40(35-18-9-7-16-33(35)39)36-19-10-20-38-41(36)37-26-25-29-13-4-5-14-31(29)42(37)43-38;/h1-26H;1H4/i;1D. The highest BCUT2D eigenvalue weighted by atomic mass is 16.3. The minimum Gasteiger partial charge on any atom is -0.455 e. The van der Waals surface area contributed by atoms with Crippen molar-refractivity contribution in [2.75, 3.05) is 0 Å². The van der Waals surface area contributed by atoms with Crippen molar-refractivity contribution < 1.29 is 5.79 Å². The van der Waals surface area contributed by atoms with Crippen molar-refractivity contribution in [2.24, 2.45) is 0 Å². The topological polar surface area (TPSA) is 13.1 Å². The van der Waals surface area contributed by atoms with E-state index in [1.54, 1.807) is 0 Å². The first kappa shape index (κ1) is 24.9. The first-order valence-corrected chi connectivity index (χ1v) is 14.8. The number of rotatable bonds is 3. The van der Waals surface area contributed by atoms with Crippen molar-refractivity contribution in [2.45, 2.75) is 7.40 Å². The predicted molar refractivity (Wildman–Crippen MR) is 189 cm³/mol.